The maximum absolute atomic E-state index is 11.2. The molecule has 0 saturated carbocycles. The molecule has 0 aromatic heterocycles. The molecule has 0 bridgehead atoms. The fourth-order valence-corrected chi connectivity index (χ4v) is 10.5. The van der Waals surface area contributed by atoms with Gasteiger partial charge in [-0.2, -0.15) is 10.5 Å². The van der Waals surface area contributed by atoms with Gasteiger partial charge in [-0.05, 0) is 75.2 Å². The summed E-state index contributed by atoms with van der Waals surface area (Å²) in [6.07, 6.45) is 2.16. The van der Waals surface area contributed by atoms with E-state index in [1.54, 1.807) is 38.5 Å². The molecule has 63 heavy (non-hydrogen) atoms. The van der Waals surface area contributed by atoms with Crippen LogP contribution < -0.4 is 30.7 Å². The van der Waals surface area contributed by atoms with Gasteiger partial charge in [0.25, 0.3) is 0 Å². The Balaban J connectivity index is 0.000000515. The van der Waals surface area contributed by atoms with Crippen molar-refractivity contribution in [2.24, 2.45) is 0 Å². The van der Waals surface area contributed by atoms with E-state index in [9.17, 15) is 33.8 Å². The first-order valence-corrected chi connectivity index (χ1v) is 32.2. The van der Waals surface area contributed by atoms with Gasteiger partial charge in [-0.25, -0.2) is 0 Å². The van der Waals surface area contributed by atoms with Gasteiger partial charge in [0.05, 0.1) is 37.5 Å². The zero-order chi connectivity index (χ0) is 46.6. The molecule has 342 valence electrons. The van der Waals surface area contributed by atoms with Crippen molar-refractivity contribution in [2.75, 3.05) is 26.5 Å². The minimum Gasteiger partial charge on any atom is 2.00 e. The van der Waals surface area contributed by atoms with Crippen LogP contribution in [0.4, 0.5) is 33.8 Å². The summed E-state index contributed by atoms with van der Waals surface area (Å²) in [5, 5.41) is 22.0. The number of halogens is 12. The monoisotopic (exact) mass is 1240 g/mol. The number of nitrogens with zero attached hydrogens (tertiary/aromatic N) is 2. The van der Waals surface area contributed by atoms with Crippen LogP contribution in [0.3, 0.4) is 0 Å². The van der Waals surface area contributed by atoms with Crippen LogP contribution in [0.2, 0.25) is 0 Å². The van der Waals surface area contributed by atoms with Crippen molar-refractivity contribution < 1.29 is 63.7 Å². The maximum atomic E-state index is 9.93. The Morgan fingerprint density at radius 3 is 0.841 bits per heavy atom. The third-order valence-electron chi connectivity index (χ3n) is 7.24. The summed E-state index contributed by atoms with van der Waals surface area (Å²) < 4.78 is 131. The van der Waals surface area contributed by atoms with Crippen LogP contribution in [0.15, 0.2) is 170 Å². The van der Waals surface area contributed by atoms with E-state index in [1.165, 1.54) is 21.2 Å². The van der Waals surface area contributed by atoms with E-state index in [-0.39, 0.29) is 20.4 Å². The van der Waals surface area contributed by atoms with Crippen LogP contribution in [0.1, 0.15) is 11.1 Å². The van der Waals surface area contributed by atoms with Crippen molar-refractivity contribution in [2.45, 2.75) is 0 Å². The van der Waals surface area contributed by atoms with Gasteiger partial charge in [-0.1, -0.05) is 133 Å². The van der Waals surface area contributed by atoms with Gasteiger partial charge in [0.1, 0.15) is 11.5 Å². The third kappa shape index (κ3) is 29.3. The minimum absolute atomic E-state index is 0. The first-order valence-electron chi connectivity index (χ1n) is 17.5. The largest absolute Gasteiger partial charge is 2.00 e. The summed E-state index contributed by atoms with van der Waals surface area (Å²) in [6.45, 7) is 0. The van der Waals surface area contributed by atoms with Gasteiger partial charge in [0.2, 0.25) is 0 Å². The van der Waals surface area contributed by atoms with Crippen molar-refractivity contribution >= 4 is 76.0 Å². The number of ether oxygens (including phenoxy) is 2. The molecule has 0 amide bonds. The zero-order valence-corrected chi connectivity index (χ0v) is 41.4. The molecule has 2 atom stereocenters. The molecule has 0 aliphatic heterocycles. The fourth-order valence-electron chi connectivity index (χ4n) is 4.92. The van der Waals surface area contributed by atoms with E-state index in [0.29, 0.717) is 11.1 Å². The number of hydrogen-bond acceptors (Lipinski definition) is 4. The Labute approximate surface area is 378 Å². The van der Waals surface area contributed by atoms with Gasteiger partial charge < -0.3 is 9.47 Å². The van der Waals surface area contributed by atoms with Gasteiger partial charge in [-0.3, -0.25) is 0 Å². The first kappa shape index (κ1) is 57.2. The quantitative estimate of drug-likeness (QED) is 0.0822. The molecule has 0 unspecified atom stereocenters. The molecule has 0 saturated heterocycles. The topological polar surface area (TPSA) is 66.0 Å². The number of benzene rings is 6. The summed E-state index contributed by atoms with van der Waals surface area (Å²) in [5.74, 6) is 1.95. The van der Waals surface area contributed by atoms with Gasteiger partial charge in [0.15, 0.2) is 0 Å². The smallest absolute Gasteiger partial charge is 2.00 e. The summed E-state index contributed by atoms with van der Waals surface area (Å²) in [5.41, 5.74) is 1.43. The average Bonchev–Trinajstić information content (AvgIpc) is 3.22. The second-order valence-electron chi connectivity index (χ2n) is 12.2. The number of rotatable bonds is 9. The third-order valence-corrected chi connectivity index (χ3v) is 12.7. The van der Waals surface area contributed by atoms with Crippen molar-refractivity contribution in [1.29, 1.82) is 10.5 Å². The number of nitriles is 2. The van der Waals surface area contributed by atoms with Crippen LogP contribution in [-0.4, -0.2) is 65.5 Å². The molecule has 0 radical (unpaired) electrons. The Bertz CT molecular complexity index is 2170. The molecule has 0 fully saturated rings. The normalized spacial score (nSPS) is 13.6. The van der Waals surface area contributed by atoms with Crippen LogP contribution >= 0.6 is 15.8 Å². The predicted molar refractivity (Wildman–Crippen MR) is 228 cm³/mol. The van der Waals surface area contributed by atoms with E-state index in [4.69, 9.17) is 20.0 Å². The first-order chi connectivity index (χ1) is 28.6. The molecule has 6 aromatic rings. The summed E-state index contributed by atoms with van der Waals surface area (Å²) in [7, 11) is 2.43. The van der Waals surface area contributed by atoms with Crippen LogP contribution in [0, 0.1) is 22.7 Å². The Kier molecular flexibility index (Phi) is 21.3. The van der Waals surface area contributed by atoms with Crippen LogP contribution in [-0.2, 0) is 20.4 Å². The van der Waals surface area contributed by atoms with Crippen molar-refractivity contribution in [3.05, 3.63) is 181 Å². The zero-order valence-electron chi connectivity index (χ0n) is 32.9. The molecule has 0 spiro atoms. The fraction of sp³-hybridized carbons (Fsp3) is 0.0952. The second kappa shape index (κ2) is 23.4. The molecule has 0 aliphatic rings. The average molecular weight is 1240 g/mol. The van der Waals surface area contributed by atoms with Gasteiger partial charge >= 0.3 is 93.1 Å². The summed E-state index contributed by atoms with van der Waals surface area (Å²) in [4.78, 5) is 0. The Hall–Kier alpha value is -3.78. The number of hydrogen-bond donors (Lipinski definition) is 0. The maximum Gasteiger partial charge on any atom is 2.00 e. The molecule has 6 aromatic carbocycles. The molecule has 0 N–H and O–H groups in total. The van der Waals surface area contributed by atoms with Crippen LogP contribution in [0.5, 0.6) is 11.5 Å². The van der Waals surface area contributed by atoms with Gasteiger partial charge in [-0.15, -0.1) is 0 Å². The van der Waals surface area contributed by atoms with Gasteiger partial charge in [0, 0.05) is 10.6 Å². The van der Waals surface area contributed by atoms with E-state index < -0.39 is 54.8 Å². The molecular weight excluding hydrogens is 1200 g/mol. The van der Waals surface area contributed by atoms with Crippen LogP contribution in [0.25, 0.3) is 0 Å². The Morgan fingerprint density at radius 1 is 0.397 bits per heavy atom. The molecule has 21 heteroatoms. The molecule has 0 heterocycles. The summed E-state index contributed by atoms with van der Waals surface area (Å²) in [6, 6.07) is 61.0. The SMILES string of the molecule is COc1ccccc1[P@@](CC[P@@](c1ccccc1)c1ccccc1OC)c1ccccc1.N#Cc1ccccc1.N#Cc1ccccc1.[F][Sb-]([F])([F])([F])([F])[F].[F][Sb-]([F])([F])([F])([F])[F].[Pd+2]. The molecule has 4 nitrogen and oxygen atoms in total. The van der Waals surface area contributed by atoms with E-state index in [0.717, 1.165) is 23.8 Å². The summed E-state index contributed by atoms with van der Waals surface area (Å²) >= 11 is -22.5. The number of para-hydroxylation sites is 2. The minimum atomic E-state index is -11.2. The van der Waals surface area contributed by atoms with E-state index in [1.807, 2.05) is 60.7 Å². The molecule has 6 rings (SSSR count). The second-order valence-corrected chi connectivity index (χ2v) is 27.7. The van der Waals surface area contributed by atoms with E-state index in [2.05, 4.69) is 97.1 Å². The van der Waals surface area contributed by atoms with Crippen molar-refractivity contribution in [3.63, 3.8) is 0 Å². The standard InChI is InChI=1S/C28H28O2P2.2C7H5N.12FH.Pd.2Sb/c1-29-25-17-9-11-19-27(25)31(23-13-5-3-6-14-23)21-22-32(24-15-7-4-8-16-24)28-20-12-10-18-26(28)30-2;2*8-6-7-4-2-1-3-5-7;;;;;;;;;;;;;;;/h3-20H,21-22H2,1-2H3;2*1-5H;12*1H;;;/q;;;;;;;;;;;;;;;+2;2*+5/p-12/t31-,32-;;;;;;;;;;;;;;;;;/m0................./s1. The van der Waals surface area contributed by atoms with E-state index >= 15 is 0 Å². The van der Waals surface area contributed by atoms with Crippen molar-refractivity contribution in [1.82, 2.24) is 0 Å². The Morgan fingerprint density at radius 2 is 0.619 bits per heavy atom. The molecule has 0 aliphatic carbocycles. The number of methoxy groups -OCH3 is 2. The predicted octanol–water partition coefficient (Wildman–Crippen LogP) is 12.7. The van der Waals surface area contributed by atoms with Crippen molar-refractivity contribution in [3.8, 4) is 23.6 Å². The molecular formula is C42H38F12N2O2P2PdSb2.